The first-order valence-electron chi connectivity index (χ1n) is 8.84. The number of ether oxygens (including phenoxy) is 1. The van der Waals surface area contributed by atoms with Gasteiger partial charge in [0, 0.05) is 29.5 Å². The third kappa shape index (κ3) is 5.40. The van der Waals surface area contributed by atoms with Gasteiger partial charge in [-0.3, -0.25) is 9.59 Å². The predicted octanol–water partition coefficient (Wildman–Crippen LogP) is 2.91. The average molecular weight is 395 g/mol. The van der Waals surface area contributed by atoms with Crippen molar-refractivity contribution < 1.29 is 14.3 Å². The van der Waals surface area contributed by atoms with E-state index >= 15 is 0 Å². The average Bonchev–Trinajstić information content (AvgIpc) is 3.21. The molecule has 0 aliphatic carbocycles. The van der Waals surface area contributed by atoms with E-state index in [9.17, 15) is 9.59 Å². The first-order chi connectivity index (χ1) is 13.7. The zero-order valence-electron chi connectivity index (χ0n) is 15.5. The van der Waals surface area contributed by atoms with E-state index in [1.807, 2.05) is 35.7 Å². The molecule has 0 atom stereocenters. The Hall–Kier alpha value is -3.19. The number of rotatable bonds is 8. The van der Waals surface area contributed by atoms with E-state index < -0.39 is 0 Å². The second-order valence-corrected chi connectivity index (χ2v) is 6.95. The number of hydrogen-bond acceptors (Lipinski definition) is 5. The van der Waals surface area contributed by atoms with Gasteiger partial charge in [0.15, 0.2) is 0 Å². The summed E-state index contributed by atoms with van der Waals surface area (Å²) in [4.78, 5) is 28.4. The van der Waals surface area contributed by atoms with E-state index in [1.54, 1.807) is 42.7 Å². The van der Waals surface area contributed by atoms with Crippen LogP contribution in [0.25, 0.3) is 11.3 Å². The second kappa shape index (κ2) is 9.66. The molecule has 0 aliphatic heterocycles. The number of methoxy groups -OCH3 is 1. The van der Waals surface area contributed by atoms with Gasteiger partial charge in [-0.2, -0.15) is 0 Å². The molecule has 28 heavy (non-hydrogen) atoms. The zero-order chi connectivity index (χ0) is 19.8. The molecule has 0 saturated carbocycles. The van der Waals surface area contributed by atoms with Crippen molar-refractivity contribution >= 4 is 23.2 Å². The third-order valence-electron chi connectivity index (χ3n) is 4.04. The van der Waals surface area contributed by atoms with Gasteiger partial charge in [0.05, 0.1) is 24.4 Å². The van der Waals surface area contributed by atoms with E-state index in [1.165, 1.54) is 0 Å². The zero-order valence-corrected chi connectivity index (χ0v) is 16.3. The number of carbonyl (C=O) groups excluding carboxylic acids is 2. The molecule has 0 spiro atoms. The quantitative estimate of drug-likeness (QED) is 0.615. The van der Waals surface area contributed by atoms with Crippen LogP contribution in [0.2, 0.25) is 0 Å². The molecule has 3 rings (SSSR count). The molecule has 1 heterocycles. The molecule has 1 aromatic heterocycles. The fourth-order valence-electron chi connectivity index (χ4n) is 2.54. The molecular formula is C21H21N3O3S. The second-order valence-electron chi connectivity index (χ2n) is 6.00. The highest BCUT2D eigenvalue weighted by Gasteiger charge is 2.08. The van der Waals surface area contributed by atoms with Crippen LogP contribution in [0.5, 0.6) is 5.75 Å². The summed E-state index contributed by atoms with van der Waals surface area (Å²) in [7, 11) is 1.64. The summed E-state index contributed by atoms with van der Waals surface area (Å²) in [5, 5.41) is 8.35. The normalized spacial score (nSPS) is 10.3. The summed E-state index contributed by atoms with van der Waals surface area (Å²) in [6, 6.07) is 16.5. The van der Waals surface area contributed by atoms with Gasteiger partial charge in [0.1, 0.15) is 5.75 Å². The molecule has 144 valence electrons. The Kier molecular flexibility index (Phi) is 6.75. The van der Waals surface area contributed by atoms with Crippen LogP contribution >= 0.6 is 11.3 Å². The Bertz CT molecular complexity index is 924. The van der Waals surface area contributed by atoms with Gasteiger partial charge < -0.3 is 15.4 Å². The summed E-state index contributed by atoms with van der Waals surface area (Å²) in [5.41, 5.74) is 2.46. The molecule has 7 heteroatoms. The first-order valence-corrected chi connectivity index (χ1v) is 9.72. The van der Waals surface area contributed by atoms with E-state index in [0.29, 0.717) is 18.5 Å². The summed E-state index contributed by atoms with van der Waals surface area (Å²) in [6.07, 6.45) is 0.638. The molecule has 0 bridgehead atoms. The standard InChI is InChI=1S/C21H21N3O3S/c1-27-17-9-7-15(8-10-17)18-14-28-20(24-18)11-12-22-19(25)13-23-21(26)16-5-3-2-4-6-16/h2-10,14H,11-13H2,1H3,(H,22,25)(H,23,26). The van der Waals surface area contributed by atoms with Gasteiger partial charge in [-0.15, -0.1) is 11.3 Å². The van der Waals surface area contributed by atoms with Crippen molar-refractivity contribution in [3.63, 3.8) is 0 Å². The number of hydrogen-bond donors (Lipinski definition) is 2. The van der Waals surface area contributed by atoms with Crippen LogP contribution in [0.15, 0.2) is 60.0 Å². The van der Waals surface area contributed by atoms with Gasteiger partial charge in [0.25, 0.3) is 5.91 Å². The molecule has 0 saturated heterocycles. The van der Waals surface area contributed by atoms with Crippen LogP contribution in [0.4, 0.5) is 0 Å². The molecule has 0 unspecified atom stereocenters. The molecule has 2 amide bonds. The number of thiazole rings is 1. The van der Waals surface area contributed by atoms with Crippen molar-refractivity contribution in [2.24, 2.45) is 0 Å². The maximum absolute atomic E-state index is 11.9. The maximum Gasteiger partial charge on any atom is 0.251 e. The SMILES string of the molecule is COc1ccc(-c2csc(CCNC(=O)CNC(=O)c3ccccc3)n2)cc1. The lowest BCUT2D eigenvalue weighted by Crippen LogP contribution is -2.37. The maximum atomic E-state index is 11.9. The molecule has 0 radical (unpaired) electrons. The van der Waals surface area contributed by atoms with E-state index in [4.69, 9.17) is 4.74 Å². The third-order valence-corrected chi connectivity index (χ3v) is 4.95. The molecular weight excluding hydrogens is 374 g/mol. The largest absolute Gasteiger partial charge is 0.497 e. The van der Waals surface area contributed by atoms with Crippen LogP contribution in [0.1, 0.15) is 15.4 Å². The summed E-state index contributed by atoms with van der Waals surface area (Å²) < 4.78 is 5.16. The van der Waals surface area contributed by atoms with Crippen LogP contribution < -0.4 is 15.4 Å². The van der Waals surface area contributed by atoms with Crippen molar-refractivity contribution in [2.45, 2.75) is 6.42 Å². The lowest BCUT2D eigenvalue weighted by atomic mass is 10.2. The summed E-state index contributed by atoms with van der Waals surface area (Å²) in [6.45, 7) is 0.415. The molecule has 6 nitrogen and oxygen atoms in total. The van der Waals surface area contributed by atoms with Crippen molar-refractivity contribution in [1.82, 2.24) is 15.6 Å². The van der Waals surface area contributed by atoms with Gasteiger partial charge in [-0.1, -0.05) is 18.2 Å². The highest BCUT2D eigenvalue weighted by atomic mass is 32.1. The molecule has 0 aliphatic rings. The van der Waals surface area contributed by atoms with Crippen molar-refractivity contribution in [1.29, 1.82) is 0 Å². The Morgan fingerprint density at radius 2 is 1.79 bits per heavy atom. The Morgan fingerprint density at radius 3 is 2.50 bits per heavy atom. The Morgan fingerprint density at radius 1 is 1.04 bits per heavy atom. The number of aromatic nitrogens is 1. The minimum Gasteiger partial charge on any atom is -0.497 e. The topological polar surface area (TPSA) is 80.3 Å². The van der Waals surface area contributed by atoms with Gasteiger partial charge in [-0.25, -0.2) is 4.98 Å². The lowest BCUT2D eigenvalue weighted by Gasteiger charge is -2.06. The van der Waals surface area contributed by atoms with Gasteiger partial charge in [0.2, 0.25) is 5.91 Å². The fourth-order valence-corrected chi connectivity index (χ4v) is 3.35. The predicted molar refractivity (Wildman–Crippen MR) is 110 cm³/mol. The number of carbonyl (C=O) groups is 2. The molecule has 0 fully saturated rings. The number of nitrogens with zero attached hydrogens (tertiary/aromatic N) is 1. The minimum atomic E-state index is -0.264. The summed E-state index contributed by atoms with van der Waals surface area (Å²) >= 11 is 1.56. The van der Waals surface area contributed by atoms with Crippen molar-refractivity contribution in [3.05, 3.63) is 70.5 Å². The van der Waals surface area contributed by atoms with Crippen LogP contribution in [-0.4, -0.2) is 37.0 Å². The molecule has 2 N–H and O–H groups in total. The van der Waals surface area contributed by atoms with Crippen LogP contribution in [-0.2, 0) is 11.2 Å². The van der Waals surface area contributed by atoms with E-state index in [2.05, 4.69) is 15.6 Å². The lowest BCUT2D eigenvalue weighted by molar-refractivity contribution is -0.120. The van der Waals surface area contributed by atoms with E-state index in [0.717, 1.165) is 22.0 Å². The monoisotopic (exact) mass is 395 g/mol. The first kappa shape index (κ1) is 19.6. The smallest absolute Gasteiger partial charge is 0.251 e. The van der Waals surface area contributed by atoms with Gasteiger partial charge in [-0.05, 0) is 36.4 Å². The highest BCUT2D eigenvalue weighted by molar-refractivity contribution is 7.09. The Balaban J connectivity index is 1.41. The minimum absolute atomic E-state index is 0.0529. The van der Waals surface area contributed by atoms with Crippen molar-refractivity contribution in [3.8, 4) is 17.0 Å². The number of nitrogens with one attached hydrogen (secondary N) is 2. The molecule has 3 aromatic rings. The molecule has 2 aromatic carbocycles. The fraction of sp³-hybridized carbons (Fsp3) is 0.190. The number of amides is 2. The van der Waals surface area contributed by atoms with Gasteiger partial charge >= 0.3 is 0 Å². The van der Waals surface area contributed by atoms with Crippen molar-refractivity contribution in [2.75, 3.05) is 20.2 Å². The Labute approximate surface area is 167 Å². The number of benzene rings is 2. The van der Waals surface area contributed by atoms with Crippen LogP contribution in [0, 0.1) is 0 Å². The highest BCUT2D eigenvalue weighted by Crippen LogP contribution is 2.24. The van der Waals surface area contributed by atoms with Crippen LogP contribution in [0.3, 0.4) is 0 Å². The van der Waals surface area contributed by atoms with E-state index in [-0.39, 0.29) is 18.4 Å². The summed E-state index contributed by atoms with van der Waals surface area (Å²) in [5.74, 6) is 0.317.